The molecule has 3 fully saturated rings. The van der Waals surface area contributed by atoms with Gasteiger partial charge in [0, 0.05) is 37.8 Å². The molecule has 0 spiro atoms. The summed E-state index contributed by atoms with van der Waals surface area (Å²) in [6.07, 6.45) is 3.28. The van der Waals surface area contributed by atoms with E-state index in [0.717, 1.165) is 19.4 Å². The summed E-state index contributed by atoms with van der Waals surface area (Å²) in [5, 5.41) is 21.5. The van der Waals surface area contributed by atoms with E-state index in [-0.39, 0.29) is 41.1 Å². The number of anilines is 1. The van der Waals surface area contributed by atoms with Crippen LogP contribution in [0.25, 0.3) is 32.9 Å². The Morgan fingerprint density at radius 1 is 1.17 bits per heavy atom. The molecule has 2 aromatic carbocycles. The van der Waals surface area contributed by atoms with Crippen LogP contribution in [0.3, 0.4) is 0 Å². The second-order valence-corrected chi connectivity index (χ2v) is 13.0. The first-order chi connectivity index (χ1) is 22.1. The molecule has 3 saturated heterocycles. The average molecular weight is 636 g/mol. The minimum Gasteiger partial charge on any atom is -0.508 e. The number of aromatic hydroxyl groups is 1. The first-order valence-electron chi connectivity index (χ1n) is 15.9. The van der Waals surface area contributed by atoms with Gasteiger partial charge in [0.05, 0.1) is 16.8 Å². The van der Waals surface area contributed by atoms with Crippen LogP contribution in [0.15, 0.2) is 30.5 Å². The summed E-state index contributed by atoms with van der Waals surface area (Å²) in [7, 11) is 0. The zero-order valence-corrected chi connectivity index (χ0v) is 25.8. The molecule has 0 bridgehead atoms. The molecule has 4 aromatic rings. The molecule has 46 heavy (non-hydrogen) atoms. The van der Waals surface area contributed by atoms with Crippen LogP contribution in [0.1, 0.15) is 45.1 Å². The summed E-state index contributed by atoms with van der Waals surface area (Å²) < 4.78 is 52.4. The SMILES string of the molecule is CCc1c(F)ccc2cc(O)cc(-c3ncc4c(N5CC[C@H](C(=O)O)[C@H](C)C5)nc(OC[C@@]56CCCN5C[C@H](F)C6)nc4c3F)c12. The van der Waals surface area contributed by atoms with Crippen LogP contribution in [-0.4, -0.2) is 80.5 Å². The van der Waals surface area contributed by atoms with Crippen LogP contribution in [0.4, 0.5) is 19.0 Å². The second-order valence-electron chi connectivity index (χ2n) is 13.0. The first kappa shape index (κ1) is 30.5. The topological polar surface area (TPSA) is 112 Å². The number of piperidine rings is 1. The molecule has 7 rings (SSSR count). The molecule has 242 valence electrons. The van der Waals surface area contributed by atoms with Gasteiger partial charge in [0.15, 0.2) is 5.82 Å². The highest BCUT2D eigenvalue weighted by Gasteiger charge is 2.49. The van der Waals surface area contributed by atoms with E-state index in [1.54, 1.807) is 6.92 Å². The van der Waals surface area contributed by atoms with Gasteiger partial charge >= 0.3 is 12.0 Å². The summed E-state index contributed by atoms with van der Waals surface area (Å²) in [6, 6.07) is 5.67. The lowest BCUT2D eigenvalue weighted by Gasteiger charge is -2.36. The van der Waals surface area contributed by atoms with E-state index in [2.05, 4.69) is 14.9 Å². The molecular formula is C34H36F3N5O4. The van der Waals surface area contributed by atoms with Crippen molar-refractivity contribution in [2.24, 2.45) is 11.8 Å². The Hall–Kier alpha value is -4.19. The number of pyridine rings is 1. The van der Waals surface area contributed by atoms with E-state index in [0.29, 0.717) is 66.4 Å². The van der Waals surface area contributed by atoms with Gasteiger partial charge in [-0.05, 0) is 72.7 Å². The number of aryl methyl sites for hydroxylation is 1. The standard InChI is InChI=1S/C34H36F3N5O4/c1-3-22-26(36)6-5-19-11-21(43)12-24(27(19)22)29-28(37)30-25(14-38-29)31(41-10-7-23(32(44)45)18(2)15-41)40-33(39-30)46-17-34-8-4-9-42(34)16-20(35)13-34/h5-6,11-12,14,18,20,23,43H,3-4,7-10,13,15-17H2,1-2H3,(H,44,45)/t18-,20-,23+,34+/m1/s1. The molecule has 4 atom stereocenters. The van der Waals surface area contributed by atoms with Gasteiger partial charge in [-0.2, -0.15) is 9.97 Å². The highest BCUT2D eigenvalue weighted by molar-refractivity contribution is 6.01. The summed E-state index contributed by atoms with van der Waals surface area (Å²) in [5.41, 5.74) is -0.0577. The number of carboxylic acid groups (broad SMARTS) is 1. The highest BCUT2D eigenvalue weighted by Crippen LogP contribution is 2.42. The minimum absolute atomic E-state index is 0.0699. The number of halogens is 3. The molecule has 12 heteroatoms. The van der Waals surface area contributed by atoms with Crippen LogP contribution in [0.5, 0.6) is 11.8 Å². The lowest BCUT2D eigenvalue weighted by atomic mass is 9.87. The maximum atomic E-state index is 16.8. The van der Waals surface area contributed by atoms with Crippen molar-refractivity contribution in [1.82, 2.24) is 19.9 Å². The molecular weight excluding hydrogens is 599 g/mol. The zero-order chi connectivity index (χ0) is 32.3. The number of benzene rings is 2. The van der Waals surface area contributed by atoms with Crippen LogP contribution in [-0.2, 0) is 11.2 Å². The largest absolute Gasteiger partial charge is 0.508 e. The van der Waals surface area contributed by atoms with Crippen molar-refractivity contribution in [2.45, 2.75) is 57.7 Å². The van der Waals surface area contributed by atoms with Crippen LogP contribution < -0.4 is 9.64 Å². The average Bonchev–Trinajstić information content (AvgIpc) is 3.55. The van der Waals surface area contributed by atoms with E-state index in [4.69, 9.17) is 9.72 Å². The van der Waals surface area contributed by atoms with Gasteiger partial charge in [-0.25, -0.2) is 13.2 Å². The summed E-state index contributed by atoms with van der Waals surface area (Å²) in [4.78, 5) is 29.5. The second kappa shape index (κ2) is 11.6. The van der Waals surface area contributed by atoms with E-state index in [1.165, 1.54) is 30.5 Å². The minimum atomic E-state index is -0.949. The van der Waals surface area contributed by atoms with Gasteiger partial charge in [0.2, 0.25) is 0 Å². The lowest BCUT2D eigenvalue weighted by molar-refractivity contribution is -0.144. The molecule has 0 amide bonds. The Kier molecular flexibility index (Phi) is 7.65. The first-order valence-corrected chi connectivity index (χ1v) is 15.9. The third-order valence-corrected chi connectivity index (χ3v) is 10.2. The smallest absolute Gasteiger partial charge is 0.319 e. The predicted molar refractivity (Wildman–Crippen MR) is 167 cm³/mol. The lowest BCUT2D eigenvalue weighted by Crippen LogP contribution is -2.44. The molecule has 2 aromatic heterocycles. The van der Waals surface area contributed by atoms with Crippen molar-refractivity contribution in [2.75, 3.05) is 37.7 Å². The molecule has 0 unspecified atom stereocenters. The van der Waals surface area contributed by atoms with Crippen molar-refractivity contribution < 1.29 is 32.9 Å². The number of alkyl halides is 1. The molecule has 0 saturated carbocycles. The summed E-state index contributed by atoms with van der Waals surface area (Å²) in [6.45, 7) is 5.68. The number of carbonyl (C=O) groups is 1. The van der Waals surface area contributed by atoms with Crippen molar-refractivity contribution in [3.05, 3.63) is 47.7 Å². The summed E-state index contributed by atoms with van der Waals surface area (Å²) >= 11 is 0. The fourth-order valence-corrected chi connectivity index (χ4v) is 7.90. The maximum absolute atomic E-state index is 16.8. The summed E-state index contributed by atoms with van der Waals surface area (Å²) in [5.74, 6) is -2.56. The van der Waals surface area contributed by atoms with Crippen LogP contribution in [0.2, 0.25) is 0 Å². The van der Waals surface area contributed by atoms with E-state index in [9.17, 15) is 23.8 Å². The van der Waals surface area contributed by atoms with Gasteiger partial charge in [0.25, 0.3) is 0 Å². The number of ether oxygens (including phenoxy) is 1. The van der Waals surface area contributed by atoms with Gasteiger partial charge in [-0.1, -0.05) is 19.9 Å². The number of aliphatic carboxylic acids is 1. The Bertz CT molecular complexity index is 1860. The number of carboxylic acids is 1. The Labute approximate surface area is 264 Å². The number of hydrogen-bond acceptors (Lipinski definition) is 8. The fraction of sp³-hybridized carbons (Fsp3) is 0.471. The van der Waals surface area contributed by atoms with Crippen molar-refractivity contribution in [3.8, 4) is 23.0 Å². The molecule has 5 heterocycles. The Balaban J connectivity index is 1.36. The van der Waals surface area contributed by atoms with Gasteiger partial charge < -0.3 is 19.8 Å². The number of hydrogen-bond donors (Lipinski definition) is 2. The quantitative estimate of drug-likeness (QED) is 0.257. The molecule has 0 radical (unpaired) electrons. The molecule has 3 aliphatic heterocycles. The van der Waals surface area contributed by atoms with Crippen LogP contribution in [0, 0.1) is 23.5 Å². The van der Waals surface area contributed by atoms with Crippen molar-refractivity contribution in [1.29, 1.82) is 0 Å². The fourth-order valence-electron chi connectivity index (χ4n) is 7.90. The number of phenolic OH excluding ortho intramolecular Hbond substituents is 1. The Morgan fingerprint density at radius 3 is 2.76 bits per heavy atom. The predicted octanol–water partition coefficient (Wildman–Crippen LogP) is 5.89. The highest BCUT2D eigenvalue weighted by atomic mass is 19.1. The molecule has 0 aliphatic carbocycles. The monoisotopic (exact) mass is 635 g/mol. The molecule has 9 nitrogen and oxygen atoms in total. The molecule has 3 aliphatic rings. The molecule has 2 N–H and O–H groups in total. The Morgan fingerprint density at radius 2 is 2.00 bits per heavy atom. The number of fused-ring (bicyclic) bond motifs is 3. The third kappa shape index (κ3) is 5.06. The third-order valence-electron chi connectivity index (χ3n) is 10.2. The van der Waals surface area contributed by atoms with Crippen LogP contribution >= 0.6 is 0 Å². The van der Waals surface area contributed by atoms with E-state index in [1.807, 2.05) is 11.8 Å². The number of rotatable bonds is 7. The number of nitrogens with zero attached hydrogens (tertiary/aromatic N) is 5. The maximum Gasteiger partial charge on any atom is 0.319 e. The van der Waals surface area contributed by atoms with Gasteiger partial charge in [-0.15, -0.1) is 0 Å². The number of phenols is 1. The van der Waals surface area contributed by atoms with E-state index < -0.39 is 35.2 Å². The van der Waals surface area contributed by atoms with Crippen molar-refractivity contribution >= 4 is 33.5 Å². The normalized spacial score (nSPS) is 25.0. The van der Waals surface area contributed by atoms with Crippen molar-refractivity contribution in [3.63, 3.8) is 0 Å². The van der Waals surface area contributed by atoms with Gasteiger partial charge in [-0.3, -0.25) is 14.7 Å². The van der Waals surface area contributed by atoms with Gasteiger partial charge in [0.1, 0.15) is 41.4 Å². The van der Waals surface area contributed by atoms with E-state index >= 15 is 4.39 Å². The zero-order valence-electron chi connectivity index (χ0n) is 25.8. The number of aromatic nitrogens is 3.